The average molecular weight is 573 g/mol. The maximum Gasteiger partial charge on any atom is 0.414 e. The van der Waals surface area contributed by atoms with Crippen LogP contribution < -0.4 is 15.2 Å². The molecule has 2 amide bonds. The van der Waals surface area contributed by atoms with E-state index in [0.29, 0.717) is 6.61 Å². The van der Waals surface area contributed by atoms with E-state index >= 15 is 0 Å². The van der Waals surface area contributed by atoms with E-state index in [-0.39, 0.29) is 30.4 Å². The van der Waals surface area contributed by atoms with Crippen molar-refractivity contribution in [1.29, 1.82) is 0 Å². The van der Waals surface area contributed by atoms with Crippen LogP contribution in [0.5, 0.6) is 5.75 Å². The predicted molar refractivity (Wildman–Crippen MR) is 151 cm³/mol. The lowest BCUT2D eigenvalue weighted by Crippen LogP contribution is -2.66. The number of carbonyl (C=O) groups is 2. The molecule has 2 unspecified atom stereocenters. The molecular formula is C30H25FN4O5S. The van der Waals surface area contributed by atoms with Crippen molar-refractivity contribution in [3.63, 3.8) is 0 Å². The first-order chi connectivity index (χ1) is 19.8. The first-order valence-corrected chi connectivity index (χ1v) is 14.0. The summed E-state index contributed by atoms with van der Waals surface area (Å²) in [7, 11) is 3.00. The van der Waals surface area contributed by atoms with Crippen LogP contribution in [0.4, 0.5) is 9.18 Å². The number of pyridine rings is 1. The molecule has 3 aliphatic rings. The lowest BCUT2D eigenvalue weighted by molar-refractivity contribution is -0.0196. The highest BCUT2D eigenvalue weighted by atomic mass is 32.1. The van der Waals surface area contributed by atoms with Crippen molar-refractivity contribution in [1.82, 2.24) is 14.5 Å². The Morgan fingerprint density at radius 3 is 2.68 bits per heavy atom. The fraction of sp³-hybridized carbons (Fsp3) is 0.233. The Hall–Kier alpha value is -4.48. The molecule has 0 saturated carbocycles. The molecule has 2 atom stereocenters. The Morgan fingerprint density at radius 2 is 1.85 bits per heavy atom. The Morgan fingerprint density at radius 1 is 1.05 bits per heavy atom. The predicted octanol–water partition coefficient (Wildman–Crippen LogP) is 4.30. The van der Waals surface area contributed by atoms with Crippen LogP contribution in [0.2, 0.25) is 0 Å². The van der Waals surface area contributed by atoms with Gasteiger partial charge in [-0.25, -0.2) is 9.18 Å². The summed E-state index contributed by atoms with van der Waals surface area (Å²) in [6, 6.07) is 15.5. The number of carbonyl (C=O) groups excluding carboxylic acids is 2. The number of fused-ring (bicyclic) bond motifs is 7. The summed E-state index contributed by atoms with van der Waals surface area (Å²) in [4.78, 5) is 43.5. The number of thiophene rings is 1. The monoisotopic (exact) mass is 572 g/mol. The number of ether oxygens (including phenoxy) is 2. The van der Waals surface area contributed by atoms with Crippen LogP contribution in [0.25, 0.3) is 21.6 Å². The van der Waals surface area contributed by atoms with E-state index in [4.69, 9.17) is 9.47 Å². The highest BCUT2D eigenvalue weighted by Crippen LogP contribution is 2.50. The summed E-state index contributed by atoms with van der Waals surface area (Å²) in [5, 5.41) is 3.98. The SMILES string of the molecule is CN(C)C(=O)Oc1c2n(ccc1=O)N(C1c3ccc(F)cc3-c3ccsc3-c3ccccc31)C1COCCN1C2=O. The molecule has 2 aliphatic heterocycles. The van der Waals surface area contributed by atoms with E-state index in [1.807, 2.05) is 40.7 Å². The van der Waals surface area contributed by atoms with Crippen LogP contribution in [0.15, 0.2) is 71.0 Å². The lowest BCUT2D eigenvalue weighted by Gasteiger charge is -2.51. The van der Waals surface area contributed by atoms with Crippen molar-refractivity contribution in [3.8, 4) is 27.3 Å². The minimum atomic E-state index is -0.773. The van der Waals surface area contributed by atoms with E-state index in [9.17, 15) is 18.8 Å². The molecule has 0 bridgehead atoms. The molecule has 1 fully saturated rings. The van der Waals surface area contributed by atoms with Gasteiger partial charge in [-0.1, -0.05) is 30.3 Å². The second kappa shape index (κ2) is 9.57. The number of hydrogen-bond acceptors (Lipinski definition) is 7. The Bertz CT molecular complexity index is 1780. The van der Waals surface area contributed by atoms with Crippen LogP contribution in [0.1, 0.15) is 27.7 Å². The lowest BCUT2D eigenvalue weighted by atomic mass is 9.92. The zero-order chi connectivity index (χ0) is 28.4. The van der Waals surface area contributed by atoms with Gasteiger partial charge in [-0.15, -0.1) is 11.3 Å². The van der Waals surface area contributed by atoms with Crippen molar-refractivity contribution in [2.24, 2.45) is 0 Å². The molecule has 0 spiro atoms. The largest absolute Gasteiger partial charge is 0.414 e. The van der Waals surface area contributed by atoms with Crippen LogP contribution >= 0.6 is 11.3 Å². The summed E-state index contributed by atoms with van der Waals surface area (Å²) in [6.07, 6.45) is 0.196. The van der Waals surface area contributed by atoms with E-state index < -0.39 is 29.6 Å². The van der Waals surface area contributed by atoms with Gasteiger partial charge in [0, 0.05) is 43.3 Å². The van der Waals surface area contributed by atoms with Gasteiger partial charge < -0.3 is 19.3 Å². The molecule has 41 heavy (non-hydrogen) atoms. The first-order valence-electron chi connectivity index (χ1n) is 13.1. The van der Waals surface area contributed by atoms with Crippen LogP contribution in [0.3, 0.4) is 0 Å². The molecule has 2 aromatic heterocycles. The minimum Gasteiger partial charge on any atom is -0.403 e. The van der Waals surface area contributed by atoms with Crippen LogP contribution in [-0.2, 0) is 4.74 Å². The third-order valence-corrected chi connectivity index (χ3v) is 8.69. The third kappa shape index (κ3) is 3.87. The number of aromatic nitrogens is 1. The molecule has 11 heteroatoms. The average Bonchev–Trinajstić information content (AvgIpc) is 3.43. The molecule has 0 radical (unpaired) electrons. The summed E-state index contributed by atoms with van der Waals surface area (Å²) < 4.78 is 27.8. The number of halogens is 1. The Labute approximate surface area is 238 Å². The van der Waals surface area contributed by atoms with Crippen molar-refractivity contribution in [2.75, 3.05) is 38.9 Å². The smallest absolute Gasteiger partial charge is 0.403 e. The fourth-order valence-corrected chi connectivity index (χ4v) is 6.88. The van der Waals surface area contributed by atoms with E-state index in [2.05, 4.69) is 0 Å². The topological polar surface area (TPSA) is 84.3 Å². The summed E-state index contributed by atoms with van der Waals surface area (Å²) in [5.74, 6) is -1.13. The zero-order valence-corrected chi connectivity index (χ0v) is 23.1. The van der Waals surface area contributed by atoms with Gasteiger partial charge in [0.2, 0.25) is 11.2 Å². The number of nitrogens with zero attached hydrogens (tertiary/aromatic N) is 4. The van der Waals surface area contributed by atoms with Gasteiger partial charge in [0.05, 0.1) is 19.3 Å². The molecule has 2 aromatic carbocycles. The van der Waals surface area contributed by atoms with Crippen molar-refractivity contribution in [3.05, 3.63) is 99.0 Å². The van der Waals surface area contributed by atoms with Gasteiger partial charge in [0.15, 0.2) is 5.69 Å². The van der Waals surface area contributed by atoms with Crippen LogP contribution in [0, 0.1) is 5.82 Å². The quantitative estimate of drug-likeness (QED) is 0.356. The van der Waals surface area contributed by atoms with Crippen LogP contribution in [-0.4, -0.2) is 66.5 Å². The summed E-state index contributed by atoms with van der Waals surface area (Å²) in [5.41, 5.74) is 3.78. The maximum absolute atomic E-state index is 14.8. The van der Waals surface area contributed by atoms with Gasteiger partial charge in [-0.2, -0.15) is 0 Å². The highest BCUT2D eigenvalue weighted by Gasteiger charge is 2.46. The molecule has 4 aromatic rings. The molecule has 208 valence electrons. The fourth-order valence-electron chi connectivity index (χ4n) is 5.92. The minimum absolute atomic E-state index is 0.0500. The molecule has 1 aliphatic carbocycles. The standard InChI is InChI=1S/C30H25FN4O5S/c1-32(2)30(38)40-27-23(36)9-11-34-26(27)29(37)33-12-13-39-16-24(33)35(34)25-18-5-3-4-6-20(18)28-21(10-14-41-28)22-15-17(31)7-8-19(22)25/h3-11,14-15,24-25H,12-13,16H2,1-2H3. The molecule has 1 saturated heterocycles. The molecule has 0 N–H and O–H groups in total. The number of amides is 2. The van der Waals surface area contributed by atoms with Gasteiger partial charge in [-0.05, 0) is 45.8 Å². The summed E-state index contributed by atoms with van der Waals surface area (Å²) >= 11 is 1.58. The molecule has 9 nitrogen and oxygen atoms in total. The maximum atomic E-state index is 14.8. The number of hydrogen-bond donors (Lipinski definition) is 0. The van der Waals surface area contributed by atoms with Gasteiger partial charge in [-0.3, -0.25) is 19.3 Å². The molecular weight excluding hydrogens is 547 g/mol. The number of morpholine rings is 1. The van der Waals surface area contributed by atoms with Gasteiger partial charge in [0.25, 0.3) is 5.91 Å². The summed E-state index contributed by atoms with van der Waals surface area (Å²) in [6.45, 7) is 0.809. The van der Waals surface area contributed by atoms with Gasteiger partial charge in [0.1, 0.15) is 12.0 Å². The normalized spacial score (nSPS) is 18.9. The van der Waals surface area contributed by atoms with E-state index in [0.717, 1.165) is 32.7 Å². The third-order valence-electron chi connectivity index (χ3n) is 7.74. The van der Waals surface area contributed by atoms with E-state index in [1.165, 1.54) is 37.3 Å². The highest BCUT2D eigenvalue weighted by molar-refractivity contribution is 7.14. The second-order valence-electron chi connectivity index (χ2n) is 10.3. The second-order valence-corrected chi connectivity index (χ2v) is 11.2. The van der Waals surface area contributed by atoms with Gasteiger partial charge >= 0.3 is 6.09 Å². The Balaban J connectivity index is 1.53. The number of benzene rings is 2. The van der Waals surface area contributed by atoms with Crippen molar-refractivity contribution in [2.45, 2.75) is 12.2 Å². The van der Waals surface area contributed by atoms with Crippen molar-refractivity contribution < 1.29 is 23.5 Å². The van der Waals surface area contributed by atoms with Crippen molar-refractivity contribution >= 4 is 23.3 Å². The zero-order valence-electron chi connectivity index (χ0n) is 22.2. The first kappa shape index (κ1) is 25.5. The molecule has 7 rings (SSSR count). The van der Waals surface area contributed by atoms with E-state index in [1.54, 1.807) is 33.0 Å². The number of rotatable bonds is 2. The molecule has 4 heterocycles. The Kier molecular flexibility index (Phi) is 5.95.